The molecule has 0 aromatic carbocycles. The molecule has 12 heteroatoms. The second-order valence-electron chi connectivity index (χ2n) is 11.4. The van der Waals surface area contributed by atoms with Crippen LogP contribution in [0.25, 0.3) is 0 Å². The van der Waals surface area contributed by atoms with E-state index in [9.17, 15) is 18.0 Å². The van der Waals surface area contributed by atoms with Crippen LogP contribution in [0.1, 0.15) is 68.5 Å². The second kappa shape index (κ2) is 10.9. The summed E-state index contributed by atoms with van der Waals surface area (Å²) in [4.78, 5) is 13.7. The standard InChI is InChI=1S/C26H34Cl2F3N5O2/c1-35-13-19(23(34-35)26(29,30)31)17-8-14(12-36-6-7-38-25(36)32)9-18(10-17)24(37)33-22(15-2-3-15)16-4-5-20(27)21(28)11-16/h6-7,13-18,20-22,32H,2-5,8-12H2,1H3,(H,33,37)/t14?,16?,17?,18?,20?,21?,22-/m0/s1. The van der Waals surface area contributed by atoms with Crippen molar-refractivity contribution >= 4 is 29.1 Å². The van der Waals surface area contributed by atoms with E-state index in [2.05, 4.69) is 10.4 Å². The van der Waals surface area contributed by atoms with Crippen LogP contribution in [-0.4, -0.2) is 37.1 Å². The number of aryl methyl sites for hydroxylation is 1. The summed E-state index contributed by atoms with van der Waals surface area (Å²) >= 11 is 12.8. The van der Waals surface area contributed by atoms with E-state index in [0.29, 0.717) is 31.7 Å². The Morgan fingerprint density at radius 1 is 1.16 bits per heavy atom. The fourth-order valence-electron chi connectivity index (χ4n) is 6.60. The summed E-state index contributed by atoms with van der Waals surface area (Å²) in [7, 11) is 1.48. The van der Waals surface area contributed by atoms with Gasteiger partial charge < -0.3 is 9.73 Å². The van der Waals surface area contributed by atoms with Crippen molar-refractivity contribution < 1.29 is 22.4 Å². The number of rotatable bonds is 7. The minimum absolute atomic E-state index is 0.0129. The molecular formula is C26H34Cl2F3N5O2. The summed E-state index contributed by atoms with van der Waals surface area (Å²) < 4.78 is 49.5. The van der Waals surface area contributed by atoms with Crippen LogP contribution < -0.4 is 11.0 Å². The number of nitrogens with one attached hydrogen (secondary N) is 2. The fourth-order valence-corrected chi connectivity index (χ4v) is 7.18. The Labute approximate surface area is 229 Å². The quantitative estimate of drug-likeness (QED) is 0.432. The van der Waals surface area contributed by atoms with Crippen LogP contribution in [0.5, 0.6) is 0 Å². The van der Waals surface area contributed by atoms with Crippen molar-refractivity contribution in [2.45, 2.75) is 86.8 Å². The molecule has 2 aromatic rings. The third-order valence-corrected chi connectivity index (χ3v) is 9.69. The first-order valence-electron chi connectivity index (χ1n) is 13.4. The van der Waals surface area contributed by atoms with Gasteiger partial charge in [0.25, 0.3) is 5.68 Å². The monoisotopic (exact) mass is 575 g/mol. The van der Waals surface area contributed by atoms with Crippen LogP contribution in [-0.2, 0) is 24.6 Å². The van der Waals surface area contributed by atoms with E-state index < -0.39 is 23.7 Å². The lowest BCUT2D eigenvalue weighted by Gasteiger charge is -2.38. The zero-order valence-electron chi connectivity index (χ0n) is 21.3. The normalized spacial score (nSPS) is 31.2. The molecular weight excluding hydrogens is 542 g/mol. The van der Waals surface area contributed by atoms with Crippen LogP contribution in [0.2, 0.25) is 0 Å². The van der Waals surface area contributed by atoms with Gasteiger partial charge in [-0.1, -0.05) is 0 Å². The minimum atomic E-state index is -4.58. The van der Waals surface area contributed by atoms with Crippen molar-refractivity contribution in [3.63, 3.8) is 0 Å². The van der Waals surface area contributed by atoms with Gasteiger partial charge >= 0.3 is 6.18 Å². The number of hydrogen-bond donors (Lipinski definition) is 2. The maximum Gasteiger partial charge on any atom is 0.435 e. The van der Waals surface area contributed by atoms with E-state index in [1.54, 1.807) is 10.8 Å². The van der Waals surface area contributed by atoms with E-state index >= 15 is 0 Å². The second-order valence-corrected chi connectivity index (χ2v) is 12.5. The molecule has 5 rings (SSSR count). The van der Waals surface area contributed by atoms with E-state index in [-0.39, 0.29) is 45.8 Å². The highest BCUT2D eigenvalue weighted by molar-refractivity contribution is 6.30. The summed E-state index contributed by atoms with van der Waals surface area (Å²) in [6.45, 7) is 0.400. The fraction of sp³-hybridized carbons (Fsp3) is 0.731. The van der Waals surface area contributed by atoms with Gasteiger partial charge in [-0.05, 0) is 75.0 Å². The van der Waals surface area contributed by atoms with Crippen molar-refractivity contribution in [1.82, 2.24) is 19.7 Å². The average Bonchev–Trinajstić information content (AvgIpc) is 3.50. The van der Waals surface area contributed by atoms with Crippen LogP contribution in [0, 0.1) is 29.1 Å². The van der Waals surface area contributed by atoms with Crippen molar-refractivity contribution in [3.8, 4) is 0 Å². The van der Waals surface area contributed by atoms with E-state index in [0.717, 1.165) is 32.1 Å². The SMILES string of the molecule is Cn1cc(C2CC(Cn3ccoc3=N)CC(C(=O)N[C@@H](C3CC3)C3CCC(Cl)C(Cl)C3)C2)c(C(F)(F)F)n1. The molecule has 7 nitrogen and oxygen atoms in total. The summed E-state index contributed by atoms with van der Waals surface area (Å²) in [5.41, 5.74) is -0.774. The van der Waals surface area contributed by atoms with E-state index in [1.165, 1.54) is 24.2 Å². The summed E-state index contributed by atoms with van der Waals surface area (Å²) in [6.07, 6.45) is 5.82. The maximum absolute atomic E-state index is 13.8. The number of carbonyl (C=O) groups excluding carboxylic acids is 1. The highest BCUT2D eigenvalue weighted by Gasteiger charge is 2.45. The molecule has 3 aliphatic carbocycles. The van der Waals surface area contributed by atoms with Crippen molar-refractivity contribution in [1.29, 1.82) is 5.41 Å². The van der Waals surface area contributed by atoms with Gasteiger partial charge in [-0.15, -0.1) is 23.2 Å². The van der Waals surface area contributed by atoms with Gasteiger partial charge in [-0.3, -0.25) is 19.5 Å². The highest BCUT2D eigenvalue weighted by atomic mass is 35.5. The Kier molecular flexibility index (Phi) is 7.93. The number of oxazole rings is 1. The molecule has 6 unspecified atom stereocenters. The summed E-state index contributed by atoms with van der Waals surface area (Å²) in [6, 6.07) is 0.0129. The smallest absolute Gasteiger partial charge is 0.432 e. The highest BCUT2D eigenvalue weighted by Crippen LogP contribution is 2.46. The predicted molar refractivity (Wildman–Crippen MR) is 136 cm³/mol. The van der Waals surface area contributed by atoms with Crippen LogP contribution >= 0.6 is 23.2 Å². The molecule has 3 fully saturated rings. The molecule has 3 saturated carbocycles. The first-order chi connectivity index (χ1) is 18.0. The van der Waals surface area contributed by atoms with Crippen molar-refractivity contribution in [2.75, 3.05) is 0 Å². The van der Waals surface area contributed by atoms with E-state index in [4.69, 9.17) is 33.0 Å². The lowest BCUT2D eigenvalue weighted by Crippen LogP contribution is -2.48. The van der Waals surface area contributed by atoms with Gasteiger partial charge in [0.05, 0.1) is 5.38 Å². The zero-order valence-corrected chi connectivity index (χ0v) is 22.8. The molecule has 38 heavy (non-hydrogen) atoms. The van der Waals surface area contributed by atoms with Gasteiger partial charge in [0.1, 0.15) is 6.26 Å². The van der Waals surface area contributed by atoms with Gasteiger partial charge in [0.2, 0.25) is 5.91 Å². The number of aromatic nitrogens is 3. The Morgan fingerprint density at radius 2 is 1.89 bits per heavy atom. The zero-order chi connectivity index (χ0) is 27.2. The molecule has 2 heterocycles. The molecule has 0 spiro atoms. The molecule has 0 saturated heterocycles. The Bertz CT molecular complexity index is 1190. The predicted octanol–water partition coefficient (Wildman–Crippen LogP) is 5.42. The summed E-state index contributed by atoms with van der Waals surface area (Å²) in [5, 5.41) is 14.8. The minimum Gasteiger partial charge on any atom is -0.432 e. The Hall–Kier alpha value is -1.94. The lowest BCUT2D eigenvalue weighted by molar-refractivity contribution is -0.142. The largest absolute Gasteiger partial charge is 0.435 e. The molecule has 7 atom stereocenters. The van der Waals surface area contributed by atoms with Crippen molar-refractivity contribution in [3.05, 3.63) is 35.6 Å². The van der Waals surface area contributed by atoms with Gasteiger partial charge in [-0.25, -0.2) is 0 Å². The third kappa shape index (κ3) is 6.11. The Balaban J connectivity index is 1.37. The van der Waals surface area contributed by atoms with Crippen LogP contribution in [0.3, 0.4) is 0 Å². The first-order valence-corrected chi connectivity index (χ1v) is 14.2. The topological polar surface area (TPSA) is 88.8 Å². The molecule has 2 aromatic heterocycles. The average molecular weight is 576 g/mol. The van der Waals surface area contributed by atoms with Gasteiger partial charge in [0, 0.05) is 48.9 Å². The van der Waals surface area contributed by atoms with Crippen molar-refractivity contribution in [2.24, 2.45) is 30.7 Å². The maximum atomic E-state index is 13.8. The molecule has 0 radical (unpaired) electrons. The van der Waals surface area contributed by atoms with Gasteiger partial charge in [-0.2, -0.15) is 18.3 Å². The molecule has 210 valence electrons. The molecule has 2 N–H and O–H groups in total. The first kappa shape index (κ1) is 27.6. The number of amides is 1. The number of alkyl halides is 5. The number of hydrogen-bond acceptors (Lipinski definition) is 4. The van der Waals surface area contributed by atoms with E-state index in [1.807, 2.05) is 0 Å². The summed E-state index contributed by atoms with van der Waals surface area (Å²) in [5.74, 6) is -0.458. The Morgan fingerprint density at radius 3 is 2.53 bits per heavy atom. The molecule has 3 aliphatic rings. The number of halogens is 5. The number of carbonyl (C=O) groups is 1. The van der Waals surface area contributed by atoms with Gasteiger partial charge in [0.15, 0.2) is 5.69 Å². The molecule has 1 amide bonds. The molecule has 0 aliphatic heterocycles. The van der Waals surface area contributed by atoms with Crippen LogP contribution in [0.4, 0.5) is 13.2 Å². The number of nitrogens with zero attached hydrogens (tertiary/aromatic N) is 3. The van der Waals surface area contributed by atoms with Crippen LogP contribution in [0.15, 0.2) is 23.1 Å². The lowest BCUT2D eigenvalue weighted by atomic mass is 9.72. The molecule has 0 bridgehead atoms. The third-order valence-electron chi connectivity index (χ3n) is 8.56.